The average molecular weight is 361 g/mol. The largest absolute Gasteiger partial charge is 0.461 e. The fraction of sp³-hybridized carbons (Fsp3) is 0.235. The van der Waals surface area contributed by atoms with Crippen molar-refractivity contribution < 1.29 is 4.42 Å². The van der Waals surface area contributed by atoms with Crippen LogP contribution in [0.5, 0.6) is 0 Å². The summed E-state index contributed by atoms with van der Waals surface area (Å²) in [5.74, 6) is 1.32. The third-order valence-electron chi connectivity index (χ3n) is 4.09. The van der Waals surface area contributed by atoms with Gasteiger partial charge in [-0.2, -0.15) is 0 Å². The number of hydrogen-bond donors (Lipinski definition) is 0. The zero-order chi connectivity index (χ0) is 16.5. The SMILES string of the molecule is Clc1cncc(Cl)c1CN1CCc2nc(-c3ccco3)ncc2C1. The van der Waals surface area contributed by atoms with Gasteiger partial charge in [0.1, 0.15) is 0 Å². The van der Waals surface area contributed by atoms with E-state index < -0.39 is 0 Å². The summed E-state index contributed by atoms with van der Waals surface area (Å²) in [7, 11) is 0. The van der Waals surface area contributed by atoms with Crippen LogP contribution < -0.4 is 0 Å². The molecule has 0 aliphatic carbocycles. The van der Waals surface area contributed by atoms with Crippen LogP contribution >= 0.6 is 23.2 Å². The first-order chi connectivity index (χ1) is 11.7. The Morgan fingerprint density at radius 1 is 1.17 bits per heavy atom. The molecule has 0 spiro atoms. The van der Waals surface area contributed by atoms with E-state index >= 15 is 0 Å². The topological polar surface area (TPSA) is 55.1 Å². The van der Waals surface area contributed by atoms with E-state index in [1.807, 2.05) is 18.3 Å². The molecule has 0 atom stereocenters. The van der Waals surface area contributed by atoms with E-state index in [9.17, 15) is 0 Å². The number of aromatic nitrogens is 3. The van der Waals surface area contributed by atoms with Crippen LogP contribution in [0, 0.1) is 0 Å². The molecular formula is C17H14Cl2N4O. The van der Waals surface area contributed by atoms with Crippen molar-refractivity contribution in [2.75, 3.05) is 6.54 Å². The van der Waals surface area contributed by atoms with Crippen LogP contribution in [0.4, 0.5) is 0 Å². The van der Waals surface area contributed by atoms with E-state index in [1.54, 1.807) is 18.7 Å². The molecule has 0 fully saturated rings. The van der Waals surface area contributed by atoms with Crippen molar-refractivity contribution in [3.63, 3.8) is 0 Å². The molecule has 1 aliphatic rings. The maximum absolute atomic E-state index is 6.22. The lowest BCUT2D eigenvalue weighted by atomic mass is 10.1. The minimum atomic E-state index is 0.595. The van der Waals surface area contributed by atoms with E-state index in [0.717, 1.165) is 36.3 Å². The van der Waals surface area contributed by atoms with Gasteiger partial charge in [-0.15, -0.1) is 0 Å². The van der Waals surface area contributed by atoms with Crippen molar-refractivity contribution in [1.29, 1.82) is 0 Å². The quantitative estimate of drug-likeness (QED) is 0.706. The minimum absolute atomic E-state index is 0.595. The van der Waals surface area contributed by atoms with Crippen LogP contribution in [0.1, 0.15) is 16.8 Å². The van der Waals surface area contributed by atoms with Gasteiger partial charge in [0.15, 0.2) is 11.6 Å². The van der Waals surface area contributed by atoms with E-state index in [0.29, 0.717) is 28.2 Å². The Balaban J connectivity index is 1.54. The number of nitrogens with zero attached hydrogens (tertiary/aromatic N) is 4. The Morgan fingerprint density at radius 3 is 2.75 bits per heavy atom. The van der Waals surface area contributed by atoms with Crippen LogP contribution in [-0.2, 0) is 19.5 Å². The highest BCUT2D eigenvalue weighted by Gasteiger charge is 2.21. The predicted molar refractivity (Wildman–Crippen MR) is 91.8 cm³/mol. The molecule has 1 aliphatic heterocycles. The molecule has 0 aromatic carbocycles. The van der Waals surface area contributed by atoms with Gasteiger partial charge < -0.3 is 4.42 Å². The number of rotatable bonds is 3. The second-order valence-electron chi connectivity index (χ2n) is 5.69. The third kappa shape index (κ3) is 3.02. The van der Waals surface area contributed by atoms with Crippen LogP contribution in [0.2, 0.25) is 10.0 Å². The fourth-order valence-corrected chi connectivity index (χ4v) is 3.33. The van der Waals surface area contributed by atoms with Gasteiger partial charge >= 0.3 is 0 Å². The van der Waals surface area contributed by atoms with Crippen molar-refractivity contribution >= 4 is 23.2 Å². The summed E-state index contributed by atoms with van der Waals surface area (Å²) >= 11 is 12.4. The van der Waals surface area contributed by atoms with Gasteiger partial charge in [0, 0.05) is 55.8 Å². The van der Waals surface area contributed by atoms with Crippen molar-refractivity contribution in [3.8, 4) is 11.6 Å². The Labute approximate surface area is 149 Å². The Bertz CT molecular complexity index is 847. The maximum Gasteiger partial charge on any atom is 0.195 e. The average Bonchev–Trinajstić information content (AvgIpc) is 3.12. The third-order valence-corrected chi connectivity index (χ3v) is 4.74. The molecule has 0 amide bonds. The van der Waals surface area contributed by atoms with Crippen molar-refractivity contribution in [2.24, 2.45) is 0 Å². The normalized spacial score (nSPS) is 14.6. The fourth-order valence-electron chi connectivity index (χ4n) is 2.85. The van der Waals surface area contributed by atoms with Crippen LogP contribution in [0.15, 0.2) is 41.4 Å². The zero-order valence-corrected chi connectivity index (χ0v) is 14.3. The summed E-state index contributed by atoms with van der Waals surface area (Å²) in [6.45, 7) is 2.33. The zero-order valence-electron chi connectivity index (χ0n) is 12.7. The Kier molecular flexibility index (Phi) is 4.22. The van der Waals surface area contributed by atoms with Crippen LogP contribution in [0.25, 0.3) is 11.6 Å². The number of halogens is 2. The smallest absolute Gasteiger partial charge is 0.195 e. The highest BCUT2D eigenvalue weighted by molar-refractivity contribution is 6.35. The molecule has 0 N–H and O–H groups in total. The minimum Gasteiger partial charge on any atom is -0.461 e. The van der Waals surface area contributed by atoms with E-state index in [-0.39, 0.29) is 0 Å². The van der Waals surface area contributed by atoms with E-state index in [4.69, 9.17) is 27.6 Å². The van der Waals surface area contributed by atoms with Gasteiger partial charge in [0.2, 0.25) is 0 Å². The van der Waals surface area contributed by atoms with Gasteiger partial charge in [-0.25, -0.2) is 9.97 Å². The number of pyridine rings is 1. The molecule has 5 nitrogen and oxygen atoms in total. The lowest BCUT2D eigenvalue weighted by Crippen LogP contribution is -2.31. The summed E-state index contributed by atoms with van der Waals surface area (Å²) < 4.78 is 5.37. The Morgan fingerprint density at radius 2 is 2.00 bits per heavy atom. The lowest BCUT2D eigenvalue weighted by molar-refractivity contribution is 0.243. The molecule has 0 saturated heterocycles. The highest BCUT2D eigenvalue weighted by Crippen LogP contribution is 2.27. The van der Waals surface area contributed by atoms with Crippen LogP contribution in [-0.4, -0.2) is 26.4 Å². The van der Waals surface area contributed by atoms with Crippen molar-refractivity contribution in [3.05, 3.63) is 63.9 Å². The number of furan rings is 1. The summed E-state index contributed by atoms with van der Waals surface area (Å²) in [4.78, 5) is 15.3. The summed E-state index contributed by atoms with van der Waals surface area (Å²) in [6, 6.07) is 3.70. The molecule has 3 aromatic heterocycles. The van der Waals surface area contributed by atoms with Crippen molar-refractivity contribution in [1.82, 2.24) is 19.9 Å². The second kappa shape index (κ2) is 6.51. The predicted octanol–water partition coefficient (Wildman–Crippen LogP) is 4.00. The molecule has 3 aromatic rings. The van der Waals surface area contributed by atoms with E-state index in [2.05, 4.69) is 19.9 Å². The molecule has 4 heterocycles. The Hall–Kier alpha value is -1.95. The maximum atomic E-state index is 6.22. The first kappa shape index (κ1) is 15.6. The monoisotopic (exact) mass is 360 g/mol. The van der Waals surface area contributed by atoms with Gasteiger partial charge in [0.25, 0.3) is 0 Å². The van der Waals surface area contributed by atoms with Crippen molar-refractivity contribution in [2.45, 2.75) is 19.5 Å². The van der Waals surface area contributed by atoms with E-state index in [1.165, 1.54) is 0 Å². The lowest BCUT2D eigenvalue weighted by Gasteiger charge is -2.28. The second-order valence-corrected chi connectivity index (χ2v) is 6.50. The van der Waals surface area contributed by atoms with Gasteiger partial charge in [0.05, 0.1) is 22.0 Å². The highest BCUT2D eigenvalue weighted by atomic mass is 35.5. The van der Waals surface area contributed by atoms with Gasteiger partial charge in [-0.05, 0) is 12.1 Å². The van der Waals surface area contributed by atoms with Crippen LogP contribution in [0.3, 0.4) is 0 Å². The summed E-state index contributed by atoms with van der Waals surface area (Å²) in [6.07, 6.45) is 7.61. The first-order valence-corrected chi connectivity index (χ1v) is 8.35. The molecule has 4 rings (SSSR count). The van der Waals surface area contributed by atoms with Gasteiger partial charge in [-0.3, -0.25) is 9.88 Å². The molecule has 0 radical (unpaired) electrons. The summed E-state index contributed by atoms with van der Waals surface area (Å²) in [5.41, 5.74) is 3.10. The number of fused-ring (bicyclic) bond motifs is 1. The summed E-state index contributed by atoms with van der Waals surface area (Å²) in [5, 5.41) is 1.19. The molecule has 24 heavy (non-hydrogen) atoms. The van der Waals surface area contributed by atoms with Gasteiger partial charge in [-0.1, -0.05) is 23.2 Å². The molecule has 0 unspecified atom stereocenters. The molecule has 7 heteroatoms. The molecule has 0 bridgehead atoms. The standard InChI is InChI=1S/C17H14Cl2N4O/c18-13-7-20-8-14(19)12(13)10-23-4-3-15-11(9-23)6-21-17(22-15)16-2-1-5-24-16/h1-2,5-8H,3-4,9-10H2. The number of hydrogen-bond acceptors (Lipinski definition) is 5. The molecule has 0 saturated carbocycles. The first-order valence-electron chi connectivity index (χ1n) is 7.59. The molecular weight excluding hydrogens is 347 g/mol. The molecule has 122 valence electrons.